The summed E-state index contributed by atoms with van der Waals surface area (Å²) in [5.41, 5.74) is 0.798. The molecule has 172 valence electrons. The molecule has 0 spiro atoms. The van der Waals surface area contributed by atoms with E-state index in [2.05, 4.69) is 0 Å². The van der Waals surface area contributed by atoms with Crippen molar-refractivity contribution in [2.45, 2.75) is 39.7 Å². The van der Waals surface area contributed by atoms with Crippen LogP contribution in [0.15, 0.2) is 30.3 Å². The number of hydrogen-bond acceptors (Lipinski definition) is 8. The van der Waals surface area contributed by atoms with E-state index >= 15 is 0 Å². The van der Waals surface area contributed by atoms with Crippen LogP contribution in [0.25, 0.3) is 0 Å². The van der Waals surface area contributed by atoms with Gasteiger partial charge in [-0.3, -0.25) is 14.2 Å². The van der Waals surface area contributed by atoms with Crippen LogP contribution in [0.5, 0.6) is 0 Å². The fourth-order valence-corrected chi connectivity index (χ4v) is 4.20. The molecular weight excluding hydrogens is 425 g/mol. The summed E-state index contributed by atoms with van der Waals surface area (Å²) < 4.78 is 32.9. The van der Waals surface area contributed by atoms with E-state index in [1.807, 2.05) is 30.3 Å². The summed E-state index contributed by atoms with van der Waals surface area (Å²) in [5.74, 6) is -2.11. The molecule has 1 aromatic rings. The number of hydrogen-bond donors (Lipinski definition) is 0. The number of amides is 1. The van der Waals surface area contributed by atoms with Crippen LogP contribution in [-0.2, 0) is 37.5 Å². The lowest BCUT2D eigenvalue weighted by atomic mass is 10.1. The molecule has 0 N–H and O–H groups in total. The number of nitrogens with zero attached hydrogens (tertiary/aromatic N) is 1. The van der Waals surface area contributed by atoms with Crippen molar-refractivity contribution >= 4 is 25.4 Å². The van der Waals surface area contributed by atoms with Crippen molar-refractivity contribution in [1.29, 1.82) is 0 Å². The van der Waals surface area contributed by atoms with Gasteiger partial charge in [0.1, 0.15) is 19.5 Å². The molecule has 0 unspecified atom stereocenters. The van der Waals surface area contributed by atoms with Crippen molar-refractivity contribution < 1.29 is 37.5 Å². The van der Waals surface area contributed by atoms with Crippen molar-refractivity contribution in [1.82, 2.24) is 4.90 Å². The fraction of sp³-hybridized carbons (Fsp3) is 0.571. The zero-order chi connectivity index (χ0) is 22.9. The largest absolute Gasteiger partial charge is 0.392 e. The molecule has 0 bridgehead atoms. The predicted molar refractivity (Wildman–Crippen MR) is 112 cm³/mol. The fourth-order valence-electron chi connectivity index (χ4n) is 2.87. The summed E-state index contributed by atoms with van der Waals surface area (Å²) in [6.07, 6.45) is 1.03. The van der Waals surface area contributed by atoms with Crippen molar-refractivity contribution in [3.8, 4) is 0 Å². The number of ether oxygens (including phenoxy) is 2. The zero-order valence-corrected chi connectivity index (χ0v) is 19.0. The van der Waals surface area contributed by atoms with Crippen LogP contribution in [0.1, 0.15) is 45.2 Å². The van der Waals surface area contributed by atoms with Crippen LogP contribution in [0.4, 0.5) is 0 Å². The lowest BCUT2D eigenvalue weighted by molar-refractivity contribution is -0.164. The SMILES string of the molecule is CCOP(=O)(COCC(=O)N(CC(=O)OC(=O)C1CC1)[C@@H](C)c1ccccc1)OCC. The molecule has 31 heavy (non-hydrogen) atoms. The van der Waals surface area contributed by atoms with Gasteiger partial charge in [0.25, 0.3) is 0 Å². The molecule has 1 saturated carbocycles. The topological polar surface area (TPSA) is 108 Å². The molecule has 0 aliphatic heterocycles. The van der Waals surface area contributed by atoms with Gasteiger partial charge in [-0.25, -0.2) is 4.79 Å². The highest BCUT2D eigenvalue weighted by atomic mass is 31.2. The molecule has 0 heterocycles. The first-order valence-electron chi connectivity index (χ1n) is 10.3. The van der Waals surface area contributed by atoms with E-state index in [0.717, 1.165) is 5.56 Å². The quantitative estimate of drug-likeness (QED) is 0.253. The Hall–Kier alpha value is -2.06. The average molecular weight is 455 g/mol. The molecule has 1 aromatic carbocycles. The smallest absolute Gasteiger partial charge is 0.356 e. The van der Waals surface area contributed by atoms with Crippen molar-refractivity contribution in [3.05, 3.63) is 35.9 Å². The maximum atomic E-state index is 12.9. The van der Waals surface area contributed by atoms with Gasteiger partial charge >= 0.3 is 19.5 Å². The van der Waals surface area contributed by atoms with Crippen LogP contribution in [0.3, 0.4) is 0 Å². The van der Waals surface area contributed by atoms with Gasteiger partial charge in [-0.05, 0) is 39.2 Å². The molecule has 1 amide bonds. The Bertz CT molecular complexity index is 786. The maximum absolute atomic E-state index is 12.9. The number of carbonyl (C=O) groups is 3. The molecule has 0 radical (unpaired) electrons. The Kier molecular flexibility index (Phi) is 9.84. The summed E-state index contributed by atoms with van der Waals surface area (Å²) in [4.78, 5) is 38.2. The highest BCUT2D eigenvalue weighted by molar-refractivity contribution is 7.53. The highest BCUT2D eigenvalue weighted by Crippen LogP contribution is 2.47. The van der Waals surface area contributed by atoms with Gasteiger partial charge < -0.3 is 23.4 Å². The second-order valence-corrected chi connectivity index (χ2v) is 9.10. The molecule has 1 fully saturated rings. The van der Waals surface area contributed by atoms with E-state index in [1.165, 1.54) is 4.90 Å². The van der Waals surface area contributed by atoms with Crippen LogP contribution in [0.2, 0.25) is 0 Å². The molecular formula is C21H30NO8P. The van der Waals surface area contributed by atoms with Crippen LogP contribution in [-0.4, -0.2) is 55.5 Å². The summed E-state index contributed by atoms with van der Waals surface area (Å²) in [5, 5.41) is 0. The zero-order valence-electron chi connectivity index (χ0n) is 18.2. The summed E-state index contributed by atoms with van der Waals surface area (Å²) in [6.45, 7) is 4.60. The second-order valence-electron chi connectivity index (χ2n) is 7.10. The molecule has 1 aliphatic carbocycles. The third-order valence-electron chi connectivity index (χ3n) is 4.62. The Morgan fingerprint density at radius 1 is 1.10 bits per heavy atom. The van der Waals surface area contributed by atoms with E-state index in [-0.39, 0.29) is 19.1 Å². The number of esters is 2. The minimum absolute atomic E-state index is 0.173. The lowest BCUT2D eigenvalue weighted by Gasteiger charge is -2.29. The van der Waals surface area contributed by atoms with Gasteiger partial charge in [-0.1, -0.05) is 30.3 Å². The van der Waals surface area contributed by atoms with Gasteiger partial charge in [-0.15, -0.1) is 0 Å². The first-order valence-corrected chi connectivity index (χ1v) is 12.1. The Labute approximate surface area is 182 Å². The minimum Gasteiger partial charge on any atom is -0.392 e. The lowest BCUT2D eigenvalue weighted by Crippen LogP contribution is -2.41. The third kappa shape index (κ3) is 8.18. The number of rotatable bonds is 13. The third-order valence-corrected chi connectivity index (χ3v) is 6.42. The summed E-state index contributed by atoms with van der Waals surface area (Å²) in [6, 6.07) is 8.65. The Balaban J connectivity index is 2.03. The first kappa shape index (κ1) is 25.2. The van der Waals surface area contributed by atoms with E-state index in [4.69, 9.17) is 18.5 Å². The average Bonchev–Trinajstić information content (AvgIpc) is 3.58. The van der Waals surface area contributed by atoms with Crippen molar-refractivity contribution in [2.24, 2.45) is 5.92 Å². The standard InChI is InChI=1S/C21H30NO8P/c1-4-28-31(26,29-5-2)15-27-14-19(23)22(16(3)17-9-7-6-8-10-17)13-20(24)30-21(25)18-11-12-18/h6-10,16,18H,4-5,11-15H2,1-3H3/t16-/m0/s1. The molecule has 0 saturated heterocycles. The summed E-state index contributed by atoms with van der Waals surface area (Å²) >= 11 is 0. The molecule has 9 nitrogen and oxygen atoms in total. The molecule has 1 aliphatic rings. The van der Waals surface area contributed by atoms with E-state index in [9.17, 15) is 18.9 Å². The van der Waals surface area contributed by atoms with Gasteiger partial charge in [0.15, 0.2) is 0 Å². The normalized spacial score (nSPS) is 14.7. The minimum atomic E-state index is -3.47. The van der Waals surface area contributed by atoms with E-state index in [0.29, 0.717) is 12.8 Å². The Morgan fingerprint density at radius 3 is 2.26 bits per heavy atom. The molecule has 10 heteroatoms. The van der Waals surface area contributed by atoms with E-state index < -0.39 is 51.0 Å². The first-order chi connectivity index (χ1) is 14.8. The number of benzene rings is 1. The van der Waals surface area contributed by atoms with Crippen LogP contribution in [0, 0.1) is 5.92 Å². The molecule has 1 atom stereocenters. The molecule has 2 rings (SSSR count). The molecule has 0 aromatic heterocycles. The van der Waals surface area contributed by atoms with Gasteiger partial charge in [0, 0.05) is 0 Å². The van der Waals surface area contributed by atoms with Crippen LogP contribution >= 0.6 is 7.60 Å². The Morgan fingerprint density at radius 2 is 1.71 bits per heavy atom. The van der Waals surface area contributed by atoms with Gasteiger partial charge in [0.2, 0.25) is 5.91 Å². The maximum Gasteiger partial charge on any atom is 0.356 e. The van der Waals surface area contributed by atoms with Crippen molar-refractivity contribution in [3.63, 3.8) is 0 Å². The number of carbonyl (C=O) groups excluding carboxylic acids is 3. The highest BCUT2D eigenvalue weighted by Gasteiger charge is 2.34. The predicted octanol–water partition coefficient (Wildman–Crippen LogP) is 3.30. The second kappa shape index (κ2) is 12.1. The monoisotopic (exact) mass is 455 g/mol. The van der Waals surface area contributed by atoms with Gasteiger partial charge in [0.05, 0.1) is 25.2 Å². The summed E-state index contributed by atoms with van der Waals surface area (Å²) in [7, 11) is -3.47. The van der Waals surface area contributed by atoms with Crippen LogP contribution < -0.4 is 0 Å². The van der Waals surface area contributed by atoms with Crippen molar-refractivity contribution in [2.75, 3.05) is 32.7 Å². The van der Waals surface area contributed by atoms with E-state index in [1.54, 1.807) is 20.8 Å². The van der Waals surface area contributed by atoms with Gasteiger partial charge in [-0.2, -0.15) is 0 Å².